The Kier molecular flexibility index (Phi) is 6.58. The molecule has 0 heteroatoms. The van der Waals surface area contributed by atoms with Crippen LogP contribution in [0.15, 0.2) is 78.9 Å². The molecule has 0 atom stereocenters. The summed E-state index contributed by atoms with van der Waals surface area (Å²) in [6.07, 6.45) is 4.16. The van der Waals surface area contributed by atoms with E-state index in [1.165, 1.54) is 39.0 Å². The molecular weight excluding hydrogens is 312 g/mol. The molecule has 0 nitrogen and oxygen atoms in total. The Balaban J connectivity index is 2.42. The van der Waals surface area contributed by atoms with Crippen LogP contribution in [0.1, 0.15) is 50.3 Å². The molecular formula is C26H30. The summed E-state index contributed by atoms with van der Waals surface area (Å²) in [6, 6.07) is 15.3. The lowest BCUT2D eigenvalue weighted by molar-refractivity contribution is 1.01. The van der Waals surface area contributed by atoms with Crippen LogP contribution in [0.3, 0.4) is 0 Å². The second kappa shape index (κ2) is 8.67. The maximum Gasteiger partial charge on any atom is -0.00673 e. The number of allylic oxidation sites excluding steroid dienone is 4. The first-order valence-corrected chi connectivity index (χ1v) is 9.22. The minimum absolute atomic E-state index is 0.892. The molecule has 0 aliphatic carbocycles. The zero-order valence-electron chi connectivity index (χ0n) is 16.7. The molecule has 0 bridgehead atoms. The van der Waals surface area contributed by atoms with Gasteiger partial charge in [0.2, 0.25) is 0 Å². The maximum absolute atomic E-state index is 4.16. The standard InChI is InChI=1S/C26H30/c1-8-20(6)15-25(19(4)5)17-26-16-24(10-9-21(26)7)23-13-11-22(12-14-23)18(2)3/h9-14,16-17H,2,4,6,8,15H2,1,3,5,7H3/b25-17+. The average molecular weight is 343 g/mol. The third-order valence-corrected chi connectivity index (χ3v) is 4.81. The fraction of sp³-hybridized carbons (Fsp3) is 0.231. The van der Waals surface area contributed by atoms with Gasteiger partial charge in [-0.05, 0) is 73.1 Å². The predicted molar refractivity (Wildman–Crippen MR) is 118 cm³/mol. The first-order valence-electron chi connectivity index (χ1n) is 9.22. The molecule has 134 valence electrons. The highest BCUT2D eigenvalue weighted by Crippen LogP contribution is 2.28. The number of hydrogen-bond donors (Lipinski definition) is 0. The van der Waals surface area contributed by atoms with Gasteiger partial charge in [-0.1, -0.05) is 85.9 Å². The quantitative estimate of drug-likeness (QED) is 0.353. The van der Waals surface area contributed by atoms with Gasteiger partial charge >= 0.3 is 0 Å². The van der Waals surface area contributed by atoms with Crippen molar-refractivity contribution in [1.29, 1.82) is 0 Å². The van der Waals surface area contributed by atoms with E-state index in [1.807, 2.05) is 6.92 Å². The van der Waals surface area contributed by atoms with Gasteiger partial charge in [-0.15, -0.1) is 0 Å². The molecule has 0 saturated heterocycles. The van der Waals surface area contributed by atoms with E-state index < -0.39 is 0 Å². The monoisotopic (exact) mass is 342 g/mol. The lowest BCUT2D eigenvalue weighted by Crippen LogP contribution is -1.91. The van der Waals surface area contributed by atoms with E-state index >= 15 is 0 Å². The summed E-state index contributed by atoms with van der Waals surface area (Å²) in [7, 11) is 0. The maximum atomic E-state index is 4.16. The van der Waals surface area contributed by atoms with Crippen LogP contribution in [0.5, 0.6) is 0 Å². The number of hydrogen-bond acceptors (Lipinski definition) is 0. The van der Waals surface area contributed by atoms with Gasteiger partial charge in [0, 0.05) is 0 Å². The Morgan fingerprint density at radius 1 is 0.923 bits per heavy atom. The van der Waals surface area contributed by atoms with Gasteiger partial charge in [0.25, 0.3) is 0 Å². The zero-order chi connectivity index (χ0) is 19.3. The molecule has 0 saturated carbocycles. The second-order valence-electron chi connectivity index (χ2n) is 7.16. The van der Waals surface area contributed by atoms with Crippen LogP contribution in [0.4, 0.5) is 0 Å². The fourth-order valence-corrected chi connectivity index (χ4v) is 2.83. The van der Waals surface area contributed by atoms with Gasteiger partial charge in [-0.2, -0.15) is 0 Å². The van der Waals surface area contributed by atoms with Crippen LogP contribution in [-0.2, 0) is 0 Å². The van der Waals surface area contributed by atoms with E-state index in [1.54, 1.807) is 0 Å². The molecule has 0 spiro atoms. The van der Waals surface area contributed by atoms with Crippen molar-refractivity contribution in [3.05, 3.63) is 95.6 Å². The highest BCUT2D eigenvalue weighted by Gasteiger charge is 2.06. The molecule has 0 radical (unpaired) electrons. The summed E-state index contributed by atoms with van der Waals surface area (Å²) >= 11 is 0. The minimum Gasteiger partial charge on any atom is -0.0995 e. The first kappa shape index (κ1) is 19.7. The summed E-state index contributed by atoms with van der Waals surface area (Å²) in [5, 5.41) is 0. The van der Waals surface area contributed by atoms with E-state index in [0.29, 0.717) is 0 Å². The Morgan fingerprint density at radius 3 is 2.08 bits per heavy atom. The van der Waals surface area contributed by atoms with Crippen LogP contribution in [-0.4, -0.2) is 0 Å². The minimum atomic E-state index is 0.892. The van der Waals surface area contributed by atoms with Crippen molar-refractivity contribution in [2.45, 2.75) is 40.5 Å². The number of aryl methyl sites for hydroxylation is 1. The van der Waals surface area contributed by atoms with Crippen molar-refractivity contribution in [3.63, 3.8) is 0 Å². The summed E-state index contributed by atoms with van der Waals surface area (Å²) < 4.78 is 0. The number of benzene rings is 2. The predicted octanol–water partition coefficient (Wildman–Crippen LogP) is 8.01. The van der Waals surface area contributed by atoms with Gasteiger partial charge in [-0.25, -0.2) is 0 Å². The Bertz CT molecular complexity index is 857. The topological polar surface area (TPSA) is 0 Å². The molecule has 0 heterocycles. The Morgan fingerprint density at radius 2 is 1.54 bits per heavy atom. The van der Waals surface area contributed by atoms with E-state index in [0.717, 1.165) is 24.0 Å². The smallest absolute Gasteiger partial charge is 0.00673 e. The lowest BCUT2D eigenvalue weighted by Gasteiger charge is -2.12. The normalized spacial score (nSPS) is 11.3. The van der Waals surface area contributed by atoms with Crippen molar-refractivity contribution < 1.29 is 0 Å². The van der Waals surface area contributed by atoms with Crippen LogP contribution in [0.2, 0.25) is 0 Å². The third-order valence-electron chi connectivity index (χ3n) is 4.81. The summed E-state index contributed by atoms with van der Waals surface area (Å²) in [5.41, 5.74) is 10.8. The van der Waals surface area contributed by atoms with E-state index in [2.05, 4.69) is 89.0 Å². The molecule has 0 aliphatic heterocycles. The Hall–Kier alpha value is -2.60. The molecule has 26 heavy (non-hydrogen) atoms. The lowest BCUT2D eigenvalue weighted by atomic mass is 9.93. The molecule has 0 fully saturated rings. The zero-order valence-corrected chi connectivity index (χ0v) is 16.7. The highest BCUT2D eigenvalue weighted by atomic mass is 14.1. The van der Waals surface area contributed by atoms with E-state index in [9.17, 15) is 0 Å². The third kappa shape index (κ3) is 4.95. The summed E-state index contributed by atoms with van der Waals surface area (Å²) in [5.74, 6) is 0. The first-order chi connectivity index (χ1) is 12.3. The van der Waals surface area contributed by atoms with Crippen molar-refractivity contribution >= 4 is 11.6 Å². The molecule has 2 rings (SSSR count). The van der Waals surface area contributed by atoms with Crippen LogP contribution < -0.4 is 0 Å². The van der Waals surface area contributed by atoms with Crippen LogP contribution >= 0.6 is 0 Å². The van der Waals surface area contributed by atoms with Crippen molar-refractivity contribution in [3.8, 4) is 11.1 Å². The summed E-state index contributed by atoms with van der Waals surface area (Å²) in [4.78, 5) is 0. The summed E-state index contributed by atoms with van der Waals surface area (Å²) in [6.45, 7) is 20.7. The van der Waals surface area contributed by atoms with Gasteiger partial charge in [0.15, 0.2) is 0 Å². The van der Waals surface area contributed by atoms with Gasteiger partial charge in [0.1, 0.15) is 0 Å². The SMILES string of the molecule is C=C(CC)C/C(=C\c1cc(-c2ccc(C(=C)C)cc2)ccc1C)C(=C)C. The Labute approximate surface area is 159 Å². The molecule has 0 aliphatic rings. The molecule has 0 N–H and O–H groups in total. The van der Waals surface area contributed by atoms with Crippen LogP contribution in [0, 0.1) is 6.92 Å². The molecule has 0 aromatic heterocycles. The molecule has 2 aromatic rings. The highest BCUT2D eigenvalue weighted by molar-refractivity contribution is 5.72. The largest absolute Gasteiger partial charge is 0.0995 e. The average Bonchev–Trinajstić information content (AvgIpc) is 2.62. The molecule has 0 amide bonds. The van der Waals surface area contributed by atoms with Crippen molar-refractivity contribution in [2.24, 2.45) is 0 Å². The van der Waals surface area contributed by atoms with Gasteiger partial charge in [-0.3, -0.25) is 0 Å². The number of rotatable bonds is 7. The van der Waals surface area contributed by atoms with Gasteiger partial charge < -0.3 is 0 Å². The van der Waals surface area contributed by atoms with Crippen molar-refractivity contribution in [2.75, 3.05) is 0 Å². The van der Waals surface area contributed by atoms with Gasteiger partial charge in [0.05, 0.1) is 0 Å². The second-order valence-corrected chi connectivity index (χ2v) is 7.16. The fourth-order valence-electron chi connectivity index (χ4n) is 2.83. The molecule has 2 aromatic carbocycles. The van der Waals surface area contributed by atoms with E-state index in [-0.39, 0.29) is 0 Å². The van der Waals surface area contributed by atoms with Crippen molar-refractivity contribution in [1.82, 2.24) is 0 Å². The van der Waals surface area contributed by atoms with E-state index in [4.69, 9.17) is 0 Å². The van der Waals surface area contributed by atoms with Crippen LogP contribution in [0.25, 0.3) is 22.8 Å². The molecule has 0 unspecified atom stereocenters.